The Labute approximate surface area is 151 Å². The van der Waals surface area contributed by atoms with Crippen LogP contribution in [0.5, 0.6) is 11.5 Å². The van der Waals surface area contributed by atoms with E-state index in [-0.39, 0.29) is 24.3 Å². The SMILES string of the molecule is O=C(Nc1cccc(CNC(=O)C2COc3ccccc3O2)c1)C1CC1. The molecule has 0 aromatic heterocycles. The molecule has 4 rings (SSSR count). The molecule has 1 saturated carbocycles. The Balaban J connectivity index is 1.32. The minimum atomic E-state index is -0.678. The van der Waals surface area contributed by atoms with Gasteiger partial charge in [0.2, 0.25) is 12.0 Å². The molecule has 0 spiro atoms. The van der Waals surface area contributed by atoms with Crippen molar-refractivity contribution in [2.75, 3.05) is 11.9 Å². The first-order chi connectivity index (χ1) is 12.7. The molecule has 6 nitrogen and oxygen atoms in total. The van der Waals surface area contributed by atoms with Gasteiger partial charge in [0.15, 0.2) is 11.5 Å². The summed E-state index contributed by atoms with van der Waals surface area (Å²) < 4.78 is 11.3. The zero-order chi connectivity index (χ0) is 17.9. The van der Waals surface area contributed by atoms with Crippen molar-refractivity contribution in [2.45, 2.75) is 25.5 Å². The van der Waals surface area contributed by atoms with Gasteiger partial charge in [0, 0.05) is 18.2 Å². The molecule has 1 heterocycles. The van der Waals surface area contributed by atoms with Crippen molar-refractivity contribution in [3.63, 3.8) is 0 Å². The van der Waals surface area contributed by atoms with Crippen LogP contribution in [-0.2, 0) is 16.1 Å². The number of carbonyl (C=O) groups is 2. The van der Waals surface area contributed by atoms with Crippen LogP contribution in [0.25, 0.3) is 0 Å². The first-order valence-electron chi connectivity index (χ1n) is 8.75. The Bertz CT molecular complexity index is 832. The lowest BCUT2D eigenvalue weighted by molar-refractivity contribution is -0.130. The van der Waals surface area contributed by atoms with E-state index < -0.39 is 6.10 Å². The highest BCUT2D eigenvalue weighted by Gasteiger charge is 2.29. The monoisotopic (exact) mass is 352 g/mol. The quantitative estimate of drug-likeness (QED) is 0.867. The number of amides is 2. The van der Waals surface area contributed by atoms with E-state index in [0.717, 1.165) is 24.1 Å². The van der Waals surface area contributed by atoms with E-state index in [2.05, 4.69) is 10.6 Å². The van der Waals surface area contributed by atoms with Gasteiger partial charge in [0.1, 0.15) is 6.61 Å². The predicted molar refractivity (Wildman–Crippen MR) is 96.0 cm³/mol. The molecule has 0 saturated heterocycles. The maximum atomic E-state index is 12.4. The largest absolute Gasteiger partial charge is 0.485 e. The molecule has 2 N–H and O–H groups in total. The van der Waals surface area contributed by atoms with Crippen molar-refractivity contribution in [2.24, 2.45) is 5.92 Å². The van der Waals surface area contributed by atoms with Crippen LogP contribution in [-0.4, -0.2) is 24.5 Å². The number of ether oxygens (including phenoxy) is 2. The molecular formula is C20H20N2O4. The number of nitrogens with one attached hydrogen (secondary N) is 2. The van der Waals surface area contributed by atoms with E-state index in [9.17, 15) is 9.59 Å². The van der Waals surface area contributed by atoms with Gasteiger partial charge in [-0.1, -0.05) is 24.3 Å². The Morgan fingerprint density at radius 1 is 1.00 bits per heavy atom. The van der Waals surface area contributed by atoms with Gasteiger partial charge in [-0.2, -0.15) is 0 Å². The van der Waals surface area contributed by atoms with Gasteiger partial charge >= 0.3 is 0 Å². The lowest BCUT2D eigenvalue weighted by Gasteiger charge is -2.25. The molecule has 2 aromatic carbocycles. The number of hydrogen-bond acceptors (Lipinski definition) is 4. The van der Waals surface area contributed by atoms with E-state index in [1.807, 2.05) is 42.5 Å². The fourth-order valence-electron chi connectivity index (χ4n) is 2.80. The Morgan fingerprint density at radius 2 is 1.81 bits per heavy atom. The molecule has 134 valence electrons. The molecule has 6 heteroatoms. The minimum Gasteiger partial charge on any atom is -0.485 e. The fraction of sp³-hybridized carbons (Fsp3) is 0.300. The number of fused-ring (bicyclic) bond motifs is 1. The molecule has 1 unspecified atom stereocenters. The van der Waals surface area contributed by atoms with Crippen LogP contribution < -0.4 is 20.1 Å². The smallest absolute Gasteiger partial charge is 0.264 e. The third-order valence-electron chi connectivity index (χ3n) is 4.41. The summed E-state index contributed by atoms with van der Waals surface area (Å²) in [4.78, 5) is 24.2. The summed E-state index contributed by atoms with van der Waals surface area (Å²) in [6.07, 6.45) is 1.25. The lowest BCUT2D eigenvalue weighted by atomic mass is 10.2. The molecule has 2 aliphatic rings. The summed E-state index contributed by atoms with van der Waals surface area (Å²) in [6, 6.07) is 14.8. The van der Waals surface area contributed by atoms with Gasteiger partial charge in [-0.25, -0.2) is 0 Å². The second-order valence-electron chi connectivity index (χ2n) is 6.55. The van der Waals surface area contributed by atoms with Gasteiger partial charge in [0.05, 0.1) is 0 Å². The highest BCUT2D eigenvalue weighted by molar-refractivity contribution is 5.94. The van der Waals surface area contributed by atoms with Crippen molar-refractivity contribution in [3.8, 4) is 11.5 Å². The predicted octanol–water partition coefficient (Wildman–Crippen LogP) is 2.49. The Morgan fingerprint density at radius 3 is 2.62 bits per heavy atom. The van der Waals surface area contributed by atoms with Crippen molar-refractivity contribution < 1.29 is 19.1 Å². The molecule has 1 atom stereocenters. The molecule has 0 radical (unpaired) electrons. The van der Waals surface area contributed by atoms with Gasteiger partial charge in [0.25, 0.3) is 5.91 Å². The summed E-state index contributed by atoms with van der Waals surface area (Å²) in [5.74, 6) is 1.22. The van der Waals surface area contributed by atoms with Crippen molar-refractivity contribution in [1.82, 2.24) is 5.32 Å². The van der Waals surface area contributed by atoms with E-state index in [1.54, 1.807) is 6.07 Å². The van der Waals surface area contributed by atoms with E-state index >= 15 is 0 Å². The van der Waals surface area contributed by atoms with E-state index in [0.29, 0.717) is 18.0 Å². The number of anilines is 1. The van der Waals surface area contributed by atoms with Crippen LogP contribution in [0.2, 0.25) is 0 Å². The molecule has 2 aromatic rings. The van der Waals surface area contributed by atoms with Crippen LogP contribution in [0.3, 0.4) is 0 Å². The van der Waals surface area contributed by atoms with Gasteiger partial charge in [-0.3, -0.25) is 9.59 Å². The topological polar surface area (TPSA) is 76.7 Å². The number of hydrogen-bond donors (Lipinski definition) is 2. The van der Waals surface area contributed by atoms with Crippen molar-refractivity contribution in [3.05, 3.63) is 54.1 Å². The number of rotatable bonds is 5. The number of benzene rings is 2. The van der Waals surface area contributed by atoms with Gasteiger partial charge in [-0.05, 0) is 42.7 Å². The average Bonchev–Trinajstić information content (AvgIpc) is 3.51. The van der Waals surface area contributed by atoms with Crippen LogP contribution >= 0.6 is 0 Å². The average molecular weight is 352 g/mol. The number of para-hydroxylation sites is 2. The first-order valence-corrected chi connectivity index (χ1v) is 8.75. The number of carbonyl (C=O) groups excluding carboxylic acids is 2. The highest BCUT2D eigenvalue weighted by Crippen LogP contribution is 2.31. The molecule has 0 bridgehead atoms. The maximum absolute atomic E-state index is 12.4. The molecule has 1 aliphatic carbocycles. The Kier molecular flexibility index (Phi) is 4.48. The fourth-order valence-corrected chi connectivity index (χ4v) is 2.80. The zero-order valence-corrected chi connectivity index (χ0v) is 14.2. The maximum Gasteiger partial charge on any atom is 0.264 e. The van der Waals surface area contributed by atoms with Crippen molar-refractivity contribution in [1.29, 1.82) is 0 Å². The van der Waals surface area contributed by atoms with Gasteiger partial charge < -0.3 is 20.1 Å². The molecular weight excluding hydrogens is 332 g/mol. The second kappa shape index (κ2) is 7.07. The molecule has 1 fully saturated rings. The lowest BCUT2D eigenvalue weighted by Crippen LogP contribution is -2.43. The Hall–Kier alpha value is -3.02. The summed E-state index contributed by atoms with van der Waals surface area (Å²) >= 11 is 0. The first kappa shape index (κ1) is 16.4. The standard InChI is InChI=1S/C20H20N2O4/c23-19(14-8-9-14)22-15-5-3-4-13(10-15)11-21-20(24)18-12-25-16-6-1-2-7-17(16)26-18/h1-7,10,14,18H,8-9,11-12H2,(H,21,24)(H,22,23). The summed E-state index contributed by atoms with van der Waals surface area (Å²) in [7, 11) is 0. The van der Waals surface area contributed by atoms with E-state index in [4.69, 9.17) is 9.47 Å². The summed E-state index contributed by atoms with van der Waals surface area (Å²) in [5.41, 5.74) is 1.66. The molecule has 26 heavy (non-hydrogen) atoms. The van der Waals surface area contributed by atoms with Crippen LogP contribution in [0.15, 0.2) is 48.5 Å². The summed E-state index contributed by atoms with van der Waals surface area (Å²) in [5, 5.41) is 5.77. The normalized spacial score (nSPS) is 18.1. The third-order valence-corrected chi connectivity index (χ3v) is 4.41. The van der Waals surface area contributed by atoms with Crippen LogP contribution in [0.1, 0.15) is 18.4 Å². The summed E-state index contributed by atoms with van der Waals surface area (Å²) in [6.45, 7) is 0.536. The second-order valence-corrected chi connectivity index (χ2v) is 6.55. The van der Waals surface area contributed by atoms with Crippen LogP contribution in [0, 0.1) is 5.92 Å². The van der Waals surface area contributed by atoms with Crippen LogP contribution in [0.4, 0.5) is 5.69 Å². The van der Waals surface area contributed by atoms with Crippen molar-refractivity contribution >= 4 is 17.5 Å². The molecule has 2 amide bonds. The highest BCUT2D eigenvalue weighted by atomic mass is 16.6. The van der Waals surface area contributed by atoms with Gasteiger partial charge in [-0.15, -0.1) is 0 Å². The molecule has 1 aliphatic heterocycles. The zero-order valence-electron chi connectivity index (χ0n) is 14.2. The third kappa shape index (κ3) is 3.79. The minimum absolute atomic E-state index is 0.0672. The van der Waals surface area contributed by atoms with E-state index in [1.165, 1.54) is 0 Å².